The van der Waals surface area contributed by atoms with Gasteiger partial charge in [-0.15, -0.1) is 11.3 Å². The summed E-state index contributed by atoms with van der Waals surface area (Å²) in [5, 5.41) is 5.02. The number of aromatic nitrogens is 2. The average molecular weight is 383 g/mol. The number of hydrogen-bond acceptors (Lipinski definition) is 5. The molecule has 27 heavy (non-hydrogen) atoms. The second kappa shape index (κ2) is 7.75. The first-order valence-corrected chi connectivity index (χ1v) is 9.36. The van der Waals surface area contributed by atoms with Crippen LogP contribution in [0.4, 0.5) is 5.13 Å². The summed E-state index contributed by atoms with van der Waals surface area (Å²) in [6.07, 6.45) is 0.0880. The van der Waals surface area contributed by atoms with Crippen molar-refractivity contribution in [1.82, 2.24) is 9.55 Å². The number of rotatable bonds is 5. The van der Waals surface area contributed by atoms with Gasteiger partial charge < -0.3 is 9.30 Å². The highest BCUT2D eigenvalue weighted by Crippen LogP contribution is 2.24. The maximum atomic E-state index is 12.8. The summed E-state index contributed by atoms with van der Waals surface area (Å²) < 4.78 is 6.71. The Hall–Kier alpha value is -2.93. The van der Waals surface area contributed by atoms with Crippen molar-refractivity contribution < 1.29 is 14.3 Å². The Morgan fingerprint density at radius 2 is 1.96 bits per heavy atom. The van der Waals surface area contributed by atoms with Crippen LogP contribution >= 0.6 is 11.3 Å². The van der Waals surface area contributed by atoms with E-state index in [4.69, 9.17) is 0 Å². The molecule has 0 unspecified atom stereocenters. The number of ether oxygens (including phenoxy) is 1. The molecule has 1 aromatic carbocycles. The molecule has 0 bridgehead atoms. The molecular formula is C20H21N3O3S. The largest absolute Gasteiger partial charge is 0.469 e. The normalized spacial score (nSPS) is 10.7. The topological polar surface area (TPSA) is 73.2 Å². The van der Waals surface area contributed by atoms with Crippen LogP contribution in [0.25, 0.3) is 5.69 Å². The van der Waals surface area contributed by atoms with Crippen molar-refractivity contribution in [2.45, 2.75) is 27.2 Å². The molecule has 3 aromatic rings. The van der Waals surface area contributed by atoms with E-state index in [1.165, 1.54) is 18.4 Å². The molecule has 7 heteroatoms. The SMILES string of the molecule is COC(=O)Cc1csc(NC(=O)c2cc(C)n(-c3ccccc3C)c2C)n1. The zero-order valence-electron chi connectivity index (χ0n) is 15.7. The second-order valence-corrected chi connectivity index (χ2v) is 7.12. The van der Waals surface area contributed by atoms with Gasteiger partial charge in [0.15, 0.2) is 5.13 Å². The number of para-hydroxylation sites is 1. The molecule has 0 aliphatic carbocycles. The molecule has 2 aromatic heterocycles. The van der Waals surface area contributed by atoms with E-state index in [0.29, 0.717) is 16.4 Å². The van der Waals surface area contributed by atoms with Gasteiger partial charge in [-0.1, -0.05) is 18.2 Å². The molecule has 140 valence electrons. The number of nitrogens with zero attached hydrogens (tertiary/aromatic N) is 2. The van der Waals surface area contributed by atoms with E-state index in [1.807, 2.05) is 51.1 Å². The summed E-state index contributed by atoms with van der Waals surface area (Å²) in [4.78, 5) is 28.4. The van der Waals surface area contributed by atoms with E-state index in [0.717, 1.165) is 22.6 Å². The molecule has 0 aliphatic heterocycles. The molecule has 0 radical (unpaired) electrons. The highest BCUT2D eigenvalue weighted by atomic mass is 32.1. The van der Waals surface area contributed by atoms with Gasteiger partial charge in [0.05, 0.1) is 24.8 Å². The molecule has 2 heterocycles. The number of hydrogen-bond donors (Lipinski definition) is 1. The maximum Gasteiger partial charge on any atom is 0.311 e. The Kier molecular flexibility index (Phi) is 5.41. The third-order valence-electron chi connectivity index (χ3n) is 4.36. The quantitative estimate of drug-likeness (QED) is 0.680. The smallest absolute Gasteiger partial charge is 0.311 e. The van der Waals surface area contributed by atoms with Crippen LogP contribution in [0.1, 0.15) is 33.0 Å². The van der Waals surface area contributed by atoms with Crippen molar-refractivity contribution in [1.29, 1.82) is 0 Å². The third-order valence-corrected chi connectivity index (χ3v) is 5.16. The van der Waals surface area contributed by atoms with Gasteiger partial charge in [-0.25, -0.2) is 4.98 Å². The fourth-order valence-corrected chi connectivity index (χ4v) is 3.71. The van der Waals surface area contributed by atoms with Crippen LogP contribution in [0, 0.1) is 20.8 Å². The number of thiazole rings is 1. The molecule has 0 spiro atoms. The average Bonchev–Trinajstić information content (AvgIpc) is 3.19. The van der Waals surface area contributed by atoms with E-state index in [-0.39, 0.29) is 18.3 Å². The number of carbonyl (C=O) groups is 2. The minimum absolute atomic E-state index is 0.0880. The van der Waals surface area contributed by atoms with Crippen molar-refractivity contribution >= 4 is 28.3 Å². The number of anilines is 1. The van der Waals surface area contributed by atoms with E-state index in [9.17, 15) is 9.59 Å². The van der Waals surface area contributed by atoms with Crippen LogP contribution in [0.2, 0.25) is 0 Å². The molecule has 0 saturated heterocycles. The molecule has 6 nitrogen and oxygen atoms in total. The van der Waals surface area contributed by atoms with Crippen molar-refractivity contribution in [2.75, 3.05) is 12.4 Å². The summed E-state index contributed by atoms with van der Waals surface area (Å²) in [7, 11) is 1.33. The summed E-state index contributed by atoms with van der Waals surface area (Å²) in [6, 6.07) is 9.94. The zero-order valence-corrected chi connectivity index (χ0v) is 16.5. The molecular weight excluding hydrogens is 362 g/mol. The van der Waals surface area contributed by atoms with Gasteiger partial charge >= 0.3 is 5.97 Å². The summed E-state index contributed by atoms with van der Waals surface area (Å²) in [5.74, 6) is -0.582. The van der Waals surface area contributed by atoms with Crippen molar-refractivity contribution in [3.63, 3.8) is 0 Å². The maximum absolute atomic E-state index is 12.8. The zero-order chi connectivity index (χ0) is 19.6. The first-order valence-electron chi connectivity index (χ1n) is 8.48. The predicted molar refractivity (Wildman–Crippen MR) is 106 cm³/mol. The summed E-state index contributed by atoms with van der Waals surface area (Å²) >= 11 is 1.28. The van der Waals surface area contributed by atoms with Crippen LogP contribution in [0.5, 0.6) is 0 Å². The number of carbonyl (C=O) groups excluding carboxylic acids is 2. The standard InChI is InChI=1S/C20H21N3O3S/c1-12-7-5-6-8-17(12)23-13(2)9-16(14(23)3)19(25)22-20-21-15(11-27-20)10-18(24)26-4/h5-9,11H,10H2,1-4H3,(H,21,22,25). The van der Waals surface area contributed by atoms with Gasteiger partial charge in [-0.2, -0.15) is 0 Å². The lowest BCUT2D eigenvalue weighted by molar-refractivity contribution is -0.139. The number of amides is 1. The van der Waals surface area contributed by atoms with E-state index in [1.54, 1.807) is 5.38 Å². The Morgan fingerprint density at radius 3 is 2.67 bits per heavy atom. The van der Waals surface area contributed by atoms with Gasteiger partial charge in [-0.3, -0.25) is 14.9 Å². The molecule has 0 fully saturated rings. The molecule has 0 saturated carbocycles. The fourth-order valence-electron chi connectivity index (χ4n) is 3.01. The van der Waals surface area contributed by atoms with E-state index >= 15 is 0 Å². The third kappa shape index (κ3) is 3.93. The minimum Gasteiger partial charge on any atom is -0.469 e. The first kappa shape index (κ1) is 18.8. The van der Waals surface area contributed by atoms with Crippen molar-refractivity contribution in [3.8, 4) is 5.69 Å². The van der Waals surface area contributed by atoms with Crippen LogP contribution < -0.4 is 5.32 Å². The van der Waals surface area contributed by atoms with Crippen LogP contribution in [-0.2, 0) is 16.0 Å². The summed E-state index contributed by atoms with van der Waals surface area (Å²) in [5.41, 5.74) is 5.22. The second-order valence-electron chi connectivity index (χ2n) is 6.26. The molecule has 1 N–H and O–H groups in total. The Labute approximate surface area is 161 Å². The summed E-state index contributed by atoms with van der Waals surface area (Å²) in [6.45, 7) is 5.96. The minimum atomic E-state index is -0.361. The molecule has 0 atom stereocenters. The molecule has 3 rings (SSSR count). The number of nitrogens with one attached hydrogen (secondary N) is 1. The highest BCUT2D eigenvalue weighted by molar-refractivity contribution is 7.14. The number of aryl methyl sites for hydroxylation is 2. The monoisotopic (exact) mass is 383 g/mol. The van der Waals surface area contributed by atoms with Gasteiger partial charge in [0.2, 0.25) is 0 Å². The van der Waals surface area contributed by atoms with Crippen molar-refractivity contribution in [3.05, 3.63) is 63.9 Å². The molecule has 1 amide bonds. The highest BCUT2D eigenvalue weighted by Gasteiger charge is 2.19. The van der Waals surface area contributed by atoms with E-state index in [2.05, 4.69) is 19.6 Å². The number of methoxy groups -OCH3 is 1. The Balaban J connectivity index is 1.83. The van der Waals surface area contributed by atoms with E-state index < -0.39 is 0 Å². The van der Waals surface area contributed by atoms with Gasteiger partial charge in [-0.05, 0) is 38.5 Å². The number of benzene rings is 1. The molecule has 0 aliphatic rings. The lowest BCUT2D eigenvalue weighted by Gasteiger charge is -2.12. The first-order chi connectivity index (χ1) is 12.9. The Bertz CT molecular complexity index is 1000. The van der Waals surface area contributed by atoms with Gasteiger partial charge in [0, 0.05) is 22.5 Å². The van der Waals surface area contributed by atoms with Gasteiger partial charge in [0.1, 0.15) is 0 Å². The van der Waals surface area contributed by atoms with Crippen LogP contribution in [0.3, 0.4) is 0 Å². The number of esters is 1. The predicted octanol–water partition coefficient (Wildman–Crippen LogP) is 3.83. The Morgan fingerprint density at radius 1 is 1.22 bits per heavy atom. The lowest BCUT2D eigenvalue weighted by Crippen LogP contribution is -2.13. The van der Waals surface area contributed by atoms with Crippen LogP contribution in [0.15, 0.2) is 35.7 Å². The lowest BCUT2D eigenvalue weighted by atomic mass is 10.2. The van der Waals surface area contributed by atoms with Crippen LogP contribution in [-0.4, -0.2) is 28.5 Å². The van der Waals surface area contributed by atoms with Gasteiger partial charge in [0.25, 0.3) is 5.91 Å². The van der Waals surface area contributed by atoms with Crippen molar-refractivity contribution in [2.24, 2.45) is 0 Å². The fraction of sp³-hybridized carbons (Fsp3) is 0.250.